The fourth-order valence-corrected chi connectivity index (χ4v) is 2.67. The second-order valence-electron chi connectivity index (χ2n) is 5.50. The summed E-state index contributed by atoms with van der Waals surface area (Å²) in [6.45, 7) is 5.04. The Bertz CT molecular complexity index is 590. The van der Waals surface area contributed by atoms with Crippen molar-refractivity contribution in [2.45, 2.75) is 39.3 Å². The molecule has 20 heavy (non-hydrogen) atoms. The van der Waals surface area contributed by atoms with Crippen LogP contribution in [-0.2, 0) is 33.0 Å². The topological polar surface area (TPSA) is 46.8 Å². The number of fused-ring (bicyclic) bond motifs is 1. The van der Waals surface area contributed by atoms with Gasteiger partial charge in [0.15, 0.2) is 0 Å². The van der Waals surface area contributed by atoms with E-state index in [1.807, 2.05) is 24.1 Å². The van der Waals surface area contributed by atoms with Crippen LogP contribution in [0.15, 0.2) is 18.7 Å². The van der Waals surface area contributed by atoms with Crippen LogP contribution in [0.4, 0.5) is 0 Å². The summed E-state index contributed by atoms with van der Waals surface area (Å²) in [7, 11) is 2.01. The SMILES string of the molecule is CCCc1ncc2c(n1)CCN(Cc1cn(C)cn1)C2. The lowest BCUT2D eigenvalue weighted by molar-refractivity contribution is 0.240. The molecule has 0 radical (unpaired) electrons. The van der Waals surface area contributed by atoms with Crippen molar-refractivity contribution in [3.63, 3.8) is 0 Å². The molecule has 0 aliphatic carbocycles. The van der Waals surface area contributed by atoms with Crippen LogP contribution in [0.25, 0.3) is 0 Å². The minimum atomic E-state index is 0.900. The van der Waals surface area contributed by atoms with Crippen LogP contribution < -0.4 is 0 Å². The molecule has 0 saturated carbocycles. The maximum atomic E-state index is 4.69. The number of aromatic nitrogens is 4. The summed E-state index contributed by atoms with van der Waals surface area (Å²) in [6.07, 6.45) is 9.04. The molecule has 2 aromatic rings. The Hall–Kier alpha value is -1.75. The molecule has 0 unspecified atom stereocenters. The van der Waals surface area contributed by atoms with Crippen molar-refractivity contribution in [2.75, 3.05) is 6.54 Å². The van der Waals surface area contributed by atoms with E-state index in [1.54, 1.807) is 0 Å². The predicted molar refractivity (Wildman–Crippen MR) is 77.1 cm³/mol. The van der Waals surface area contributed by atoms with E-state index in [2.05, 4.69) is 28.0 Å². The van der Waals surface area contributed by atoms with E-state index in [1.165, 1.54) is 11.3 Å². The van der Waals surface area contributed by atoms with Gasteiger partial charge in [0, 0.05) is 63.2 Å². The van der Waals surface area contributed by atoms with Gasteiger partial charge in [-0.25, -0.2) is 15.0 Å². The Kier molecular flexibility index (Phi) is 3.78. The van der Waals surface area contributed by atoms with Crippen molar-refractivity contribution >= 4 is 0 Å². The molecule has 0 saturated heterocycles. The number of rotatable bonds is 4. The van der Waals surface area contributed by atoms with E-state index in [0.717, 1.165) is 50.4 Å². The summed E-state index contributed by atoms with van der Waals surface area (Å²) in [5.41, 5.74) is 3.63. The molecular weight excluding hydrogens is 250 g/mol. The molecule has 3 rings (SSSR count). The summed E-state index contributed by atoms with van der Waals surface area (Å²) in [5, 5.41) is 0. The Morgan fingerprint density at radius 2 is 2.20 bits per heavy atom. The van der Waals surface area contributed by atoms with Crippen molar-refractivity contribution < 1.29 is 0 Å². The van der Waals surface area contributed by atoms with E-state index in [9.17, 15) is 0 Å². The summed E-state index contributed by atoms with van der Waals surface area (Å²) < 4.78 is 1.99. The minimum Gasteiger partial charge on any atom is -0.340 e. The van der Waals surface area contributed by atoms with Crippen molar-refractivity contribution in [3.05, 3.63) is 41.5 Å². The minimum absolute atomic E-state index is 0.900. The normalized spacial score (nSPS) is 15.3. The van der Waals surface area contributed by atoms with Crippen molar-refractivity contribution in [2.24, 2.45) is 7.05 Å². The molecule has 0 atom stereocenters. The molecular formula is C15H21N5. The molecule has 106 valence electrons. The molecule has 0 bridgehead atoms. The first kappa shape index (κ1) is 13.2. The fourth-order valence-electron chi connectivity index (χ4n) is 2.67. The summed E-state index contributed by atoms with van der Waals surface area (Å²) in [5.74, 6) is 0.990. The van der Waals surface area contributed by atoms with Crippen LogP contribution in [0.2, 0.25) is 0 Å². The highest BCUT2D eigenvalue weighted by molar-refractivity contribution is 5.20. The third kappa shape index (κ3) is 2.88. The van der Waals surface area contributed by atoms with Crippen LogP contribution >= 0.6 is 0 Å². The average Bonchev–Trinajstić information content (AvgIpc) is 2.85. The van der Waals surface area contributed by atoms with E-state index in [-0.39, 0.29) is 0 Å². The summed E-state index contributed by atoms with van der Waals surface area (Å²) in [6, 6.07) is 0. The lowest BCUT2D eigenvalue weighted by Gasteiger charge is -2.27. The Morgan fingerprint density at radius 3 is 2.95 bits per heavy atom. The van der Waals surface area contributed by atoms with Crippen LogP contribution in [0.5, 0.6) is 0 Å². The van der Waals surface area contributed by atoms with Gasteiger partial charge in [0.1, 0.15) is 5.82 Å². The van der Waals surface area contributed by atoms with Crippen molar-refractivity contribution in [1.82, 2.24) is 24.4 Å². The zero-order valence-corrected chi connectivity index (χ0v) is 12.2. The van der Waals surface area contributed by atoms with Crippen LogP contribution in [0.1, 0.15) is 36.1 Å². The Balaban J connectivity index is 1.69. The number of hydrogen-bond acceptors (Lipinski definition) is 4. The molecule has 3 heterocycles. The Morgan fingerprint density at radius 1 is 1.30 bits per heavy atom. The summed E-state index contributed by atoms with van der Waals surface area (Å²) >= 11 is 0. The second-order valence-corrected chi connectivity index (χ2v) is 5.50. The molecule has 0 fully saturated rings. The van der Waals surface area contributed by atoms with Gasteiger partial charge < -0.3 is 4.57 Å². The van der Waals surface area contributed by atoms with Crippen LogP contribution in [-0.4, -0.2) is 31.0 Å². The first-order valence-electron chi connectivity index (χ1n) is 7.27. The van der Waals surface area contributed by atoms with Gasteiger partial charge in [-0.2, -0.15) is 0 Å². The zero-order valence-electron chi connectivity index (χ0n) is 12.2. The largest absolute Gasteiger partial charge is 0.340 e. The van der Waals surface area contributed by atoms with E-state index in [0.29, 0.717) is 0 Å². The molecule has 0 amide bonds. The number of aryl methyl sites for hydroxylation is 2. The maximum Gasteiger partial charge on any atom is 0.128 e. The predicted octanol–water partition coefficient (Wildman–Crippen LogP) is 1.72. The summed E-state index contributed by atoms with van der Waals surface area (Å²) in [4.78, 5) is 16.0. The molecule has 1 aliphatic rings. The highest BCUT2D eigenvalue weighted by Crippen LogP contribution is 2.18. The van der Waals surface area contributed by atoms with Gasteiger partial charge in [0.05, 0.1) is 12.0 Å². The third-order valence-electron chi connectivity index (χ3n) is 3.68. The van der Waals surface area contributed by atoms with Gasteiger partial charge >= 0.3 is 0 Å². The lowest BCUT2D eigenvalue weighted by atomic mass is 10.1. The van der Waals surface area contributed by atoms with Crippen LogP contribution in [0, 0.1) is 0 Å². The second kappa shape index (κ2) is 5.71. The van der Waals surface area contributed by atoms with Crippen LogP contribution in [0.3, 0.4) is 0 Å². The monoisotopic (exact) mass is 271 g/mol. The third-order valence-corrected chi connectivity index (χ3v) is 3.68. The average molecular weight is 271 g/mol. The molecule has 2 aromatic heterocycles. The van der Waals surface area contributed by atoms with Gasteiger partial charge in [0.25, 0.3) is 0 Å². The van der Waals surface area contributed by atoms with Crippen molar-refractivity contribution in [1.29, 1.82) is 0 Å². The smallest absolute Gasteiger partial charge is 0.128 e. The molecule has 5 nitrogen and oxygen atoms in total. The first-order chi connectivity index (χ1) is 9.74. The number of nitrogens with zero attached hydrogens (tertiary/aromatic N) is 5. The molecule has 5 heteroatoms. The van der Waals surface area contributed by atoms with Gasteiger partial charge in [-0.15, -0.1) is 0 Å². The quantitative estimate of drug-likeness (QED) is 0.849. The number of hydrogen-bond donors (Lipinski definition) is 0. The lowest BCUT2D eigenvalue weighted by Crippen LogP contribution is -2.31. The zero-order chi connectivity index (χ0) is 13.9. The van der Waals surface area contributed by atoms with Gasteiger partial charge in [-0.1, -0.05) is 6.92 Å². The highest BCUT2D eigenvalue weighted by atomic mass is 15.2. The Labute approximate surface area is 119 Å². The molecule has 1 aliphatic heterocycles. The van der Waals surface area contributed by atoms with Gasteiger partial charge in [-0.3, -0.25) is 4.90 Å². The van der Waals surface area contributed by atoms with Gasteiger partial charge in [-0.05, 0) is 6.42 Å². The van der Waals surface area contributed by atoms with Gasteiger partial charge in [0.2, 0.25) is 0 Å². The van der Waals surface area contributed by atoms with Crippen molar-refractivity contribution in [3.8, 4) is 0 Å². The molecule has 0 aromatic carbocycles. The van der Waals surface area contributed by atoms with E-state index < -0.39 is 0 Å². The highest BCUT2D eigenvalue weighted by Gasteiger charge is 2.18. The first-order valence-corrected chi connectivity index (χ1v) is 7.27. The van der Waals surface area contributed by atoms with E-state index >= 15 is 0 Å². The fraction of sp³-hybridized carbons (Fsp3) is 0.533. The maximum absolute atomic E-state index is 4.69. The molecule has 0 spiro atoms. The van der Waals surface area contributed by atoms with E-state index in [4.69, 9.17) is 4.98 Å². The molecule has 0 N–H and O–H groups in total. The number of imidazole rings is 1. The standard InChI is InChI=1S/C15H21N5/c1-3-4-15-16-7-12-8-20(6-5-14(12)18-15)10-13-9-19(2)11-17-13/h7,9,11H,3-6,8,10H2,1-2H3.